The maximum Gasteiger partial charge on any atom is 0.333 e. The first-order chi connectivity index (χ1) is 9.88. The van der Waals surface area contributed by atoms with E-state index in [1.165, 1.54) is 25.1 Å². The maximum absolute atomic E-state index is 11.4. The lowest BCUT2D eigenvalue weighted by molar-refractivity contribution is -0.133. The van der Waals surface area contributed by atoms with Crippen LogP contribution in [0.15, 0.2) is 23.8 Å². The molecule has 0 aliphatic heterocycles. The van der Waals surface area contributed by atoms with Gasteiger partial charge < -0.3 is 20.5 Å². The number of carbonyl (C=O) groups is 2. The highest BCUT2D eigenvalue weighted by Gasteiger charge is 2.15. The minimum atomic E-state index is -1.13. The number of likely N-dealkylation sites (N-methyl/N-ethyl adjacent to an activating group) is 1. The molecule has 0 atom stereocenters. The molecule has 0 saturated heterocycles. The van der Waals surface area contributed by atoms with E-state index in [-0.39, 0.29) is 24.6 Å². The molecule has 0 aliphatic rings. The van der Waals surface area contributed by atoms with Crippen LogP contribution in [0.3, 0.4) is 0 Å². The van der Waals surface area contributed by atoms with Gasteiger partial charge in [-0.3, -0.25) is 4.79 Å². The molecule has 0 aliphatic carbocycles. The monoisotopic (exact) mass is 312 g/mol. The van der Waals surface area contributed by atoms with Crippen LogP contribution in [0.25, 0.3) is 6.08 Å². The van der Waals surface area contributed by atoms with Gasteiger partial charge in [-0.25, -0.2) is 4.79 Å². The number of methoxy groups -OCH3 is 1. The van der Waals surface area contributed by atoms with Crippen molar-refractivity contribution in [3.8, 4) is 5.75 Å². The number of carboxylic acids is 1. The molecule has 114 valence electrons. The van der Waals surface area contributed by atoms with Crippen LogP contribution in [0.2, 0.25) is 5.02 Å². The van der Waals surface area contributed by atoms with Crippen molar-refractivity contribution in [1.29, 1.82) is 0 Å². The predicted molar refractivity (Wildman–Crippen MR) is 80.3 cm³/mol. The standard InChI is InChI=1S/C14H17ClN2O4/c1-17(13(18)7-16)8-10(14(19)20)5-9-6-11(15)3-4-12(9)21-2/h3-6H,7-8,16H2,1-2H3,(H,19,20)/b10-5+. The Balaban J connectivity index is 3.13. The Morgan fingerprint density at radius 2 is 2.14 bits per heavy atom. The Kier molecular flexibility index (Phi) is 6.20. The number of rotatable bonds is 6. The summed E-state index contributed by atoms with van der Waals surface area (Å²) in [6, 6.07) is 4.87. The quantitative estimate of drug-likeness (QED) is 0.771. The van der Waals surface area contributed by atoms with E-state index in [2.05, 4.69) is 0 Å². The summed E-state index contributed by atoms with van der Waals surface area (Å²) >= 11 is 5.90. The SMILES string of the molecule is COc1ccc(Cl)cc1/C=C(\CN(C)C(=O)CN)C(=O)O. The van der Waals surface area contributed by atoms with Crippen LogP contribution in [0, 0.1) is 0 Å². The van der Waals surface area contributed by atoms with Crippen molar-refractivity contribution < 1.29 is 19.4 Å². The van der Waals surface area contributed by atoms with Crippen molar-refractivity contribution in [2.75, 3.05) is 27.2 Å². The smallest absolute Gasteiger partial charge is 0.333 e. The Bertz CT molecular complexity index is 572. The van der Waals surface area contributed by atoms with Gasteiger partial charge in [-0.1, -0.05) is 11.6 Å². The number of aliphatic carboxylic acids is 1. The van der Waals surface area contributed by atoms with Crippen molar-refractivity contribution in [2.24, 2.45) is 5.73 Å². The van der Waals surface area contributed by atoms with Crippen LogP contribution in [0.5, 0.6) is 5.75 Å². The molecular weight excluding hydrogens is 296 g/mol. The summed E-state index contributed by atoms with van der Waals surface area (Å²) < 4.78 is 5.16. The summed E-state index contributed by atoms with van der Waals surface area (Å²) in [4.78, 5) is 24.0. The van der Waals surface area contributed by atoms with Gasteiger partial charge in [-0.2, -0.15) is 0 Å². The number of benzene rings is 1. The average Bonchev–Trinajstić information content (AvgIpc) is 2.45. The summed E-state index contributed by atoms with van der Waals surface area (Å²) in [5.41, 5.74) is 5.80. The van der Waals surface area contributed by atoms with Gasteiger partial charge in [0.1, 0.15) is 5.75 Å². The van der Waals surface area contributed by atoms with Gasteiger partial charge in [0, 0.05) is 17.6 Å². The van der Waals surface area contributed by atoms with Gasteiger partial charge in [0.05, 0.1) is 25.8 Å². The minimum absolute atomic E-state index is 0.0277. The van der Waals surface area contributed by atoms with Crippen LogP contribution in [0.1, 0.15) is 5.56 Å². The van der Waals surface area contributed by atoms with E-state index in [1.54, 1.807) is 18.2 Å². The molecule has 0 unspecified atom stereocenters. The average molecular weight is 313 g/mol. The fourth-order valence-electron chi connectivity index (χ4n) is 1.68. The molecule has 0 saturated carbocycles. The molecule has 0 heterocycles. The zero-order chi connectivity index (χ0) is 16.0. The minimum Gasteiger partial charge on any atom is -0.496 e. The third kappa shape index (κ3) is 4.77. The topological polar surface area (TPSA) is 92.9 Å². The van der Waals surface area contributed by atoms with Crippen molar-refractivity contribution in [2.45, 2.75) is 0 Å². The number of hydrogen-bond acceptors (Lipinski definition) is 4. The lowest BCUT2D eigenvalue weighted by Crippen LogP contribution is -2.35. The number of amides is 1. The third-order valence-corrected chi connectivity index (χ3v) is 3.04. The highest BCUT2D eigenvalue weighted by Crippen LogP contribution is 2.25. The highest BCUT2D eigenvalue weighted by atomic mass is 35.5. The third-order valence-electron chi connectivity index (χ3n) is 2.80. The van der Waals surface area contributed by atoms with E-state index >= 15 is 0 Å². The van der Waals surface area contributed by atoms with E-state index in [1.807, 2.05) is 0 Å². The lowest BCUT2D eigenvalue weighted by Gasteiger charge is -2.16. The van der Waals surface area contributed by atoms with Crippen molar-refractivity contribution in [3.05, 3.63) is 34.4 Å². The van der Waals surface area contributed by atoms with E-state index in [0.717, 1.165) is 0 Å². The fourth-order valence-corrected chi connectivity index (χ4v) is 1.86. The van der Waals surface area contributed by atoms with Crippen LogP contribution < -0.4 is 10.5 Å². The molecule has 3 N–H and O–H groups in total. The van der Waals surface area contributed by atoms with Crippen LogP contribution in [-0.2, 0) is 9.59 Å². The zero-order valence-corrected chi connectivity index (χ0v) is 12.6. The van der Waals surface area contributed by atoms with Crippen LogP contribution in [0.4, 0.5) is 0 Å². The number of nitrogens with two attached hydrogens (primary N) is 1. The van der Waals surface area contributed by atoms with Gasteiger partial charge in [-0.15, -0.1) is 0 Å². The molecule has 0 fully saturated rings. The molecule has 0 bridgehead atoms. The number of ether oxygens (including phenoxy) is 1. The molecule has 0 spiro atoms. The van der Waals surface area contributed by atoms with Gasteiger partial charge in [-0.05, 0) is 24.3 Å². The van der Waals surface area contributed by atoms with Gasteiger partial charge in [0.25, 0.3) is 0 Å². The largest absolute Gasteiger partial charge is 0.496 e. The summed E-state index contributed by atoms with van der Waals surface area (Å²) in [6.07, 6.45) is 1.42. The molecule has 0 aromatic heterocycles. The second-order valence-electron chi connectivity index (χ2n) is 4.31. The number of carbonyl (C=O) groups excluding carboxylic acids is 1. The van der Waals surface area contributed by atoms with Crippen molar-refractivity contribution in [3.63, 3.8) is 0 Å². The Hall–Kier alpha value is -2.05. The van der Waals surface area contributed by atoms with Gasteiger partial charge >= 0.3 is 5.97 Å². The number of halogens is 1. The fraction of sp³-hybridized carbons (Fsp3) is 0.286. The highest BCUT2D eigenvalue weighted by molar-refractivity contribution is 6.30. The lowest BCUT2D eigenvalue weighted by atomic mass is 10.1. The second kappa shape index (κ2) is 7.66. The molecule has 1 aromatic rings. The summed E-state index contributed by atoms with van der Waals surface area (Å²) in [5.74, 6) is -0.986. The number of hydrogen-bond donors (Lipinski definition) is 2. The molecule has 7 heteroatoms. The van der Waals surface area contributed by atoms with Crippen molar-refractivity contribution in [1.82, 2.24) is 4.90 Å². The summed E-state index contributed by atoms with van der Waals surface area (Å²) in [5, 5.41) is 9.72. The molecule has 1 rings (SSSR count). The summed E-state index contributed by atoms with van der Waals surface area (Å²) in [6.45, 7) is -0.245. The first-order valence-electron chi connectivity index (χ1n) is 6.10. The maximum atomic E-state index is 11.4. The van der Waals surface area contributed by atoms with Crippen molar-refractivity contribution >= 4 is 29.6 Å². The molecule has 6 nitrogen and oxygen atoms in total. The molecule has 1 amide bonds. The second-order valence-corrected chi connectivity index (χ2v) is 4.75. The Labute approximate surface area is 127 Å². The molecular formula is C14H17ClN2O4. The predicted octanol–water partition coefficient (Wildman–Crippen LogP) is 1.23. The van der Waals surface area contributed by atoms with Crippen LogP contribution in [-0.4, -0.2) is 49.1 Å². The summed E-state index contributed by atoms with van der Waals surface area (Å²) in [7, 11) is 2.96. The van der Waals surface area contributed by atoms with E-state index in [9.17, 15) is 14.7 Å². The first kappa shape index (κ1) is 17.0. The van der Waals surface area contributed by atoms with E-state index < -0.39 is 5.97 Å². The van der Waals surface area contributed by atoms with E-state index in [0.29, 0.717) is 16.3 Å². The zero-order valence-electron chi connectivity index (χ0n) is 11.8. The number of carboxylic acid groups (broad SMARTS) is 1. The molecule has 0 radical (unpaired) electrons. The van der Waals surface area contributed by atoms with Gasteiger partial charge in [0.15, 0.2) is 0 Å². The van der Waals surface area contributed by atoms with Gasteiger partial charge in [0.2, 0.25) is 5.91 Å². The Morgan fingerprint density at radius 1 is 1.48 bits per heavy atom. The normalized spacial score (nSPS) is 11.1. The Morgan fingerprint density at radius 3 is 2.67 bits per heavy atom. The van der Waals surface area contributed by atoms with E-state index in [4.69, 9.17) is 22.1 Å². The molecule has 21 heavy (non-hydrogen) atoms. The van der Waals surface area contributed by atoms with Crippen LogP contribution >= 0.6 is 11.6 Å². The number of nitrogens with zero attached hydrogens (tertiary/aromatic N) is 1. The molecule has 1 aromatic carbocycles. The first-order valence-corrected chi connectivity index (χ1v) is 6.48.